The lowest BCUT2D eigenvalue weighted by atomic mass is 9.43. The molecule has 4 rings (SSSR count). The zero-order valence-corrected chi connectivity index (χ0v) is 18.3. The molecule has 0 heterocycles. The Morgan fingerprint density at radius 3 is 2.45 bits per heavy atom. The fourth-order valence-electron chi connectivity index (χ4n) is 8.68. The number of hydrogen-bond acceptors (Lipinski definition) is 4. The third kappa shape index (κ3) is 3.27. The Bertz CT molecular complexity index is 637. The van der Waals surface area contributed by atoms with Crippen LogP contribution < -0.4 is 0 Å². The predicted molar refractivity (Wildman–Crippen MR) is 110 cm³/mol. The maximum atomic E-state index is 11.5. The van der Waals surface area contributed by atoms with Gasteiger partial charge in [0.15, 0.2) is 0 Å². The number of rotatable bonds is 4. The molecule has 0 aliphatic heterocycles. The van der Waals surface area contributed by atoms with Crippen LogP contribution in [0.4, 0.5) is 0 Å². The highest BCUT2D eigenvalue weighted by Crippen LogP contribution is 2.68. The minimum atomic E-state index is -0.748. The van der Waals surface area contributed by atoms with Gasteiger partial charge in [0.25, 0.3) is 0 Å². The summed E-state index contributed by atoms with van der Waals surface area (Å²) in [5.41, 5.74) is -0.143. The van der Waals surface area contributed by atoms with Gasteiger partial charge in [0.1, 0.15) is 0 Å². The van der Waals surface area contributed by atoms with Crippen LogP contribution in [0.2, 0.25) is 0 Å². The molecule has 0 aromatic carbocycles. The van der Waals surface area contributed by atoms with Crippen LogP contribution in [0, 0.1) is 46.3 Å². The van der Waals surface area contributed by atoms with Crippen molar-refractivity contribution < 1.29 is 25.2 Å². The van der Waals surface area contributed by atoms with E-state index >= 15 is 0 Å². The van der Waals surface area contributed by atoms with E-state index in [1.54, 1.807) is 0 Å². The lowest BCUT2D eigenvalue weighted by molar-refractivity contribution is -0.207. The fourth-order valence-corrected chi connectivity index (χ4v) is 8.68. The maximum Gasteiger partial charge on any atom is 0.303 e. The lowest BCUT2D eigenvalue weighted by Crippen LogP contribution is -2.62. The Morgan fingerprint density at radius 1 is 1.03 bits per heavy atom. The molecule has 4 N–H and O–H groups in total. The number of carbonyl (C=O) groups is 1. The van der Waals surface area contributed by atoms with Gasteiger partial charge in [-0.3, -0.25) is 4.79 Å². The van der Waals surface area contributed by atoms with Crippen LogP contribution in [0.15, 0.2) is 0 Å². The summed E-state index contributed by atoms with van der Waals surface area (Å²) in [5.74, 6) is 0.997. The standard InChI is InChI=1S/C24H40O5/c1-13(4-7-21(28)29)16-5-6-17-22-18(12-20(27)24(16,17)3)23(2)9-8-15(25)10-14(23)11-19(22)26/h13-20,22,25-27H,4-12H2,1-3H3,(H,28,29)/t13-,14+,15-,16-,17+,18+,19-,20+,22+,23+,24-/m1/s1/i7+1,21+1. The van der Waals surface area contributed by atoms with Gasteiger partial charge in [-0.2, -0.15) is 0 Å². The van der Waals surface area contributed by atoms with Crippen molar-refractivity contribution in [1.29, 1.82) is 0 Å². The summed E-state index contributed by atoms with van der Waals surface area (Å²) in [7, 11) is 0. The van der Waals surface area contributed by atoms with Crippen molar-refractivity contribution in [2.45, 2.75) is 96.9 Å². The van der Waals surface area contributed by atoms with E-state index in [9.17, 15) is 20.1 Å². The largest absolute Gasteiger partial charge is 0.481 e. The number of aliphatic hydroxyl groups excluding tert-OH is 3. The number of fused-ring (bicyclic) bond motifs is 5. The van der Waals surface area contributed by atoms with Gasteiger partial charge in [0.2, 0.25) is 0 Å². The molecule has 4 saturated carbocycles. The van der Waals surface area contributed by atoms with Crippen LogP contribution in [-0.2, 0) is 4.79 Å². The summed E-state index contributed by atoms with van der Waals surface area (Å²) in [6, 6.07) is 0. The second kappa shape index (κ2) is 7.49. The summed E-state index contributed by atoms with van der Waals surface area (Å²) >= 11 is 0. The van der Waals surface area contributed by atoms with E-state index in [0.717, 1.165) is 44.9 Å². The summed E-state index contributed by atoms with van der Waals surface area (Å²) in [6.07, 6.45) is 6.00. The van der Waals surface area contributed by atoms with Crippen LogP contribution in [0.5, 0.6) is 0 Å². The van der Waals surface area contributed by atoms with Crippen molar-refractivity contribution in [1.82, 2.24) is 0 Å². The van der Waals surface area contributed by atoms with Gasteiger partial charge in [-0.05, 0) is 97.7 Å². The maximum absolute atomic E-state index is 11.5. The van der Waals surface area contributed by atoms with Gasteiger partial charge >= 0.3 is 5.97 Å². The molecule has 4 fully saturated rings. The van der Waals surface area contributed by atoms with Gasteiger partial charge in [-0.15, -0.1) is 0 Å². The number of carboxylic acids is 1. The SMILES string of the molecule is C[C@H](C[13CH2][13C](=O)O)[C@H]1CC[C@H]2[C@@H]3[C@H](O)C[C@@H]4C[C@H](O)CC[C@]4(C)[C@H]3C[C@H](O)[C@]12C. The average molecular weight is 411 g/mol. The first-order chi connectivity index (χ1) is 13.6. The first-order valence-electron chi connectivity index (χ1n) is 11.8. The van der Waals surface area contributed by atoms with Gasteiger partial charge in [-0.1, -0.05) is 20.8 Å². The number of hydrogen-bond donors (Lipinski definition) is 4. The van der Waals surface area contributed by atoms with Crippen molar-refractivity contribution in [3.63, 3.8) is 0 Å². The molecule has 4 aliphatic carbocycles. The highest BCUT2D eigenvalue weighted by atomic mass is 16.5. The lowest BCUT2D eigenvalue weighted by Gasteiger charge is -2.63. The van der Waals surface area contributed by atoms with Crippen LogP contribution in [0.25, 0.3) is 0 Å². The van der Waals surface area contributed by atoms with Crippen LogP contribution in [-0.4, -0.2) is 44.7 Å². The smallest absolute Gasteiger partial charge is 0.303 e. The Kier molecular flexibility index (Phi) is 5.57. The van der Waals surface area contributed by atoms with E-state index in [4.69, 9.17) is 5.11 Å². The van der Waals surface area contributed by atoms with Crippen molar-refractivity contribution in [2.75, 3.05) is 0 Å². The Labute approximate surface area is 174 Å². The minimum Gasteiger partial charge on any atom is -0.481 e. The van der Waals surface area contributed by atoms with E-state index in [1.807, 2.05) is 0 Å². The summed E-state index contributed by atoms with van der Waals surface area (Å²) in [4.78, 5) is 11.1. The van der Waals surface area contributed by atoms with Crippen LogP contribution >= 0.6 is 0 Å². The molecule has 4 aliphatic rings. The van der Waals surface area contributed by atoms with Crippen molar-refractivity contribution >= 4 is 5.97 Å². The van der Waals surface area contributed by atoms with E-state index in [0.29, 0.717) is 30.1 Å². The van der Waals surface area contributed by atoms with Crippen molar-refractivity contribution in [3.8, 4) is 0 Å². The molecular weight excluding hydrogens is 370 g/mol. The Balaban J connectivity index is 1.61. The average Bonchev–Trinajstić information content (AvgIpc) is 3.01. The van der Waals surface area contributed by atoms with Gasteiger partial charge in [0.05, 0.1) is 18.3 Å². The molecule has 11 atom stereocenters. The molecule has 0 spiro atoms. The van der Waals surface area contributed by atoms with Gasteiger partial charge < -0.3 is 20.4 Å². The molecule has 0 saturated heterocycles. The molecule has 0 bridgehead atoms. The normalized spacial score (nSPS) is 52.9. The Hall–Kier alpha value is -0.650. The number of aliphatic hydroxyl groups is 3. The fraction of sp³-hybridized carbons (Fsp3) is 0.958. The molecule has 166 valence electrons. The first-order valence-corrected chi connectivity index (χ1v) is 11.8. The van der Waals surface area contributed by atoms with E-state index in [2.05, 4.69) is 20.8 Å². The van der Waals surface area contributed by atoms with Crippen molar-refractivity contribution in [3.05, 3.63) is 0 Å². The number of aliphatic carboxylic acids is 1. The number of carboxylic acid groups (broad SMARTS) is 1. The first kappa shape index (κ1) is 21.6. The zero-order chi connectivity index (χ0) is 21.1. The molecule has 0 amide bonds. The molecule has 0 radical (unpaired) electrons. The van der Waals surface area contributed by atoms with Crippen LogP contribution in [0.1, 0.15) is 78.6 Å². The monoisotopic (exact) mass is 410 g/mol. The summed E-state index contributed by atoms with van der Waals surface area (Å²) < 4.78 is 0. The zero-order valence-electron chi connectivity index (χ0n) is 18.3. The molecule has 5 heteroatoms. The molecule has 0 aromatic rings. The molecule has 29 heavy (non-hydrogen) atoms. The van der Waals surface area contributed by atoms with E-state index in [1.165, 1.54) is 0 Å². The van der Waals surface area contributed by atoms with E-state index < -0.39 is 12.1 Å². The molecular formula is C24H40O5. The minimum absolute atomic E-state index is 0.0957. The topological polar surface area (TPSA) is 98.0 Å². The highest BCUT2D eigenvalue weighted by molar-refractivity contribution is 5.66. The highest BCUT2D eigenvalue weighted by Gasteiger charge is 2.65. The second-order valence-electron chi connectivity index (χ2n) is 11.4. The quantitative estimate of drug-likeness (QED) is 0.532. The summed E-state index contributed by atoms with van der Waals surface area (Å²) in [5, 5.41) is 42.0. The van der Waals surface area contributed by atoms with Gasteiger partial charge in [-0.25, -0.2) is 0 Å². The molecule has 0 aromatic heterocycles. The molecule has 5 nitrogen and oxygen atoms in total. The van der Waals surface area contributed by atoms with Crippen molar-refractivity contribution in [2.24, 2.45) is 46.3 Å². The van der Waals surface area contributed by atoms with Crippen LogP contribution in [0.3, 0.4) is 0 Å². The second-order valence-corrected chi connectivity index (χ2v) is 11.4. The predicted octanol–water partition coefficient (Wildman–Crippen LogP) is 3.45. The Morgan fingerprint density at radius 2 is 1.76 bits per heavy atom. The molecule has 0 unspecified atom stereocenters. The van der Waals surface area contributed by atoms with Gasteiger partial charge in [0, 0.05) is 6.42 Å². The third-order valence-electron chi connectivity index (χ3n) is 10.3. The third-order valence-corrected chi connectivity index (χ3v) is 10.3. The summed E-state index contributed by atoms with van der Waals surface area (Å²) in [6.45, 7) is 6.72. The van der Waals surface area contributed by atoms with E-state index in [-0.39, 0.29) is 41.3 Å².